The first-order chi connectivity index (χ1) is 12.4. The van der Waals surface area contributed by atoms with Crippen LogP contribution in [0, 0.1) is 23.2 Å². The molecule has 0 saturated heterocycles. The zero-order valence-corrected chi connectivity index (χ0v) is 15.4. The number of hydrogen-bond donors (Lipinski definition) is 2. The van der Waals surface area contributed by atoms with Gasteiger partial charge in [-0.3, -0.25) is 9.59 Å². The molecule has 0 spiro atoms. The van der Waals surface area contributed by atoms with Crippen LogP contribution >= 0.6 is 0 Å². The second kappa shape index (κ2) is 6.60. The number of benzene rings is 1. The normalized spacial score (nSPS) is 32.9. The summed E-state index contributed by atoms with van der Waals surface area (Å²) < 4.78 is 5.31. The first-order valence-electron chi connectivity index (χ1n) is 9.75. The quantitative estimate of drug-likeness (QED) is 0.822. The van der Waals surface area contributed by atoms with E-state index >= 15 is 0 Å². The van der Waals surface area contributed by atoms with Crippen molar-refractivity contribution < 1.29 is 14.3 Å². The number of rotatable bonds is 6. The summed E-state index contributed by atoms with van der Waals surface area (Å²) in [5, 5.41) is 3.26. The Hall–Kier alpha value is -2.04. The number of nitrogens with two attached hydrogens (primary N) is 1. The van der Waals surface area contributed by atoms with Crippen LogP contribution in [0.3, 0.4) is 0 Å². The topological polar surface area (TPSA) is 81.4 Å². The molecule has 4 bridgehead atoms. The number of primary amides is 1. The highest BCUT2D eigenvalue weighted by atomic mass is 16.5. The maximum Gasteiger partial charge on any atom is 0.255 e. The predicted octanol–water partition coefficient (Wildman–Crippen LogP) is 2.89. The molecule has 0 radical (unpaired) electrons. The second-order valence-corrected chi connectivity index (χ2v) is 8.76. The summed E-state index contributed by atoms with van der Waals surface area (Å²) in [5.41, 5.74) is 5.95. The lowest BCUT2D eigenvalue weighted by Gasteiger charge is -2.59. The lowest BCUT2D eigenvalue weighted by Crippen LogP contribution is -2.55. The van der Waals surface area contributed by atoms with Crippen LogP contribution < -0.4 is 15.8 Å². The van der Waals surface area contributed by atoms with Gasteiger partial charge < -0.3 is 15.8 Å². The predicted molar refractivity (Wildman–Crippen MR) is 98.7 cm³/mol. The highest BCUT2D eigenvalue weighted by molar-refractivity contribution is 5.94. The minimum atomic E-state index is -0.532. The molecule has 2 amide bonds. The Bertz CT molecular complexity index is 680. The van der Waals surface area contributed by atoms with Crippen molar-refractivity contribution in [1.29, 1.82) is 0 Å². The largest absolute Gasteiger partial charge is 0.484 e. The minimum Gasteiger partial charge on any atom is -0.484 e. The van der Waals surface area contributed by atoms with E-state index in [9.17, 15) is 9.59 Å². The second-order valence-electron chi connectivity index (χ2n) is 8.76. The number of carbonyl (C=O) groups excluding carboxylic acids is 2. The third kappa shape index (κ3) is 3.31. The molecular weight excluding hydrogens is 328 g/mol. The average Bonchev–Trinajstić information content (AvgIpc) is 2.59. The van der Waals surface area contributed by atoms with Crippen molar-refractivity contribution in [2.45, 2.75) is 51.5 Å². The molecule has 0 heterocycles. The van der Waals surface area contributed by atoms with Gasteiger partial charge >= 0.3 is 0 Å². The van der Waals surface area contributed by atoms with E-state index in [1.54, 1.807) is 24.3 Å². The van der Waals surface area contributed by atoms with Crippen molar-refractivity contribution in [3.8, 4) is 5.75 Å². The van der Waals surface area contributed by atoms with Gasteiger partial charge in [-0.1, -0.05) is 6.07 Å². The highest BCUT2D eigenvalue weighted by Crippen LogP contribution is 2.61. The fraction of sp³-hybridized carbons (Fsp3) is 0.619. The van der Waals surface area contributed by atoms with Crippen molar-refractivity contribution in [1.82, 2.24) is 5.32 Å². The molecule has 1 aromatic carbocycles. The van der Waals surface area contributed by atoms with E-state index in [0.29, 0.717) is 11.3 Å². The minimum absolute atomic E-state index is 0.0715. The molecule has 1 aromatic rings. The van der Waals surface area contributed by atoms with Gasteiger partial charge in [0, 0.05) is 11.6 Å². The van der Waals surface area contributed by atoms with Gasteiger partial charge in [-0.2, -0.15) is 0 Å². The fourth-order valence-electron chi connectivity index (χ4n) is 6.02. The van der Waals surface area contributed by atoms with E-state index in [0.717, 1.165) is 17.8 Å². The Balaban J connectivity index is 1.43. The van der Waals surface area contributed by atoms with Crippen LogP contribution in [0.5, 0.6) is 5.75 Å². The maximum atomic E-state index is 12.8. The fourth-order valence-corrected chi connectivity index (χ4v) is 6.02. The summed E-state index contributed by atoms with van der Waals surface area (Å²) in [6.45, 7) is 1.99. The summed E-state index contributed by atoms with van der Waals surface area (Å²) in [4.78, 5) is 23.6. The van der Waals surface area contributed by atoms with Gasteiger partial charge in [-0.05, 0) is 86.8 Å². The SMILES string of the molecule is CC(NC(=O)c1cccc(OCC(N)=O)c1)C12CC3CC(CC(C3)C1)C2. The first kappa shape index (κ1) is 17.4. The van der Waals surface area contributed by atoms with Crippen molar-refractivity contribution >= 4 is 11.8 Å². The molecule has 4 saturated carbocycles. The third-order valence-electron chi connectivity index (χ3n) is 6.83. The Morgan fingerprint density at radius 3 is 2.38 bits per heavy atom. The van der Waals surface area contributed by atoms with Crippen LogP contribution in [0.15, 0.2) is 24.3 Å². The number of amides is 2. The standard InChI is InChI=1S/C21H28N2O3/c1-13(21-9-14-5-15(10-21)7-16(6-14)11-21)23-20(25)17-3-2-4-18(8-17)26-12-19(22)24/h2-4,8,13-16H,5-7,9-12H2,1H3,(H2,22,24)(H,23,25). The summed E-state index contributed by atoms with van der Waals surface area (Å²) in [7, 11) is 0. The molecule has 4 aliphatic carbocycles. The molecule has 0 aliphatic heterocycles. The van der Waals surface area contributed by atoms with Crippen molar-refractivity contribution in [2.75, 3.05) is 6.61 Å². The molecule has 5 heteroatoms. The number of nitrogens with one attached hydrogen (secondary N) is 1. The summed E-state index contributed by atoms with van der Waals surface area (Å²) >= 11 is 0. The van der Waals surface area contributed by atoms with Crippen LogP contribution in [0.2, 0.25) is 0 Å². The molecule has 0 aromatic heterocycles. The molecule has 140 valence electrons. The lowest BCUT2D eigenvalue weighted by atomic mass is 9.48. The van der Waals surface area contributed by atoms with E-state index in [1.165, 1.54) is 38.5 Å². The summed E-state index contributed by atoms with van der Waals surface area (Å²) in [6.07, 6.45) is 8.00. The smallest absolute Gasteiger partial charge is 0.255 e. The van der Waals surface area contributed by atoms with Gasteiger partial charge in [0.15, 0.2) is 6.61 Å². The van der Waals surface area contributed by atoms with E-state index < -0.39 is 5.91 Å². The maximum absolute atomic E-state index is 12.8. The molecule has 4 fully saturated rings. The molecule has 4 aliphatic rings. The van der Waals surface area contributed by atoms with Crippen molar-refractivity contribution in [3.63, 3.8) is 0 Å². The molecule has 3 N–H and O–H groups in total. The van der Waals surface area contributed by atoms with Crippen LogP contribution in [0.25, 0.3) is 0 Å². The molecule has 26 heavy (non-hydrogen) atoms. The van der Waals surface area contributed by atoms with E-state index in [4.69, 9.17) is 10.5 Å². The summed E-state index contributed by atoms with van der Waals surface area (Å²) in [5.74, 6) is 2.48. The summed E-state index contributed by atoms with van der Waals surface area (Å²) in [6, 6.07) is 7.12. The Morgan fingerprint density at radius 1 is 1.19 bits per heavy atom. The van der Waals surface area contributed by atoms with Crippen molar-refractivity contribution in [2.24, 2.45) is 28.9 Å². The Labute approximate surface area is 154 Å². The average molecular weight is 356 g/mol. The number of hydrogen-bond acceptors (Lipinski definition) is 3. The van der Waals surface area contributed by atoms with Gasteiger partial charge in [0.1, 0.15) is 5.75 Å². The monoisotopic (exact) mass is 356 g/mol. The molecule has 1 atom stereocenters. The Kier molecular flexibility index (Phi) is 4.41. The zero-order chi connectivity index (χ0) is 18.3. The van der Waals surface area contributed by atoms with Gasteiger partial charge in [-0.15, -0.1) is 0 Å². The van der Waals surface area contributed by atoms with Crippen LogP contribution in [0.1, 0.15) is 55.8 Å². The van der Waals surface area contributed by atoms with Crippen LogP contribution in [0.4, 0.5) is 0 Å². The molecule has 1 unspecified atom stereocenters. The van der Waals surface area contributed by atoms with E-state index in [1.807, 2.05) is 0 Å². The van der Waals surface area contributed by atoms with E-state index in [-0.39, 0.29) is 24.0 Å². The van der Waals surface area contributed by atoms with E-state index in [2.05, 4.69) is 12.2 Å². The lowest BCUT2D eigenvalue weighted by molar-refractivity contribution is -0.119. The van der Waals surface area contributed by atoms with Gasteiger partial charge in [0.25, 0.3) is 11.8 Å². The third-order valence-corrected chi connectivity index (χ3v) is 6.83. The van der Waals surface area contributed by atoms with Gasteiger partial charge in [-0.25, -0.2) is 0 Å². The molecule has 5 rings (SSSR count). The van der Waals surface area contributed by atoms with Crippen molar-refractivity contribution in [3.05, 3.63) is 29.8 Å². The Morgan fingerprint density at radius 2 is 1.81 bits per heavy atom. The highest BCUT2D eigenvalue weighted by Gasteiger charge is 2.53. The zero-order valence-electron chi connectivity index (χ0n) is 15.4. The number of carbonyl (C=O) groups is 2. The van der Waals surface area contributed by atoms with Gasteiger partial charge in [0.2, 0.25) is 0 Å². The first-order valence-corrected chi connectivity index (χ1v) is 9.75. The van der Waals surface area contributed by atoms with Crippen LogP contribution in [-0.2, 0) is 4.79 Å². The number of ether oxygens (including phenoxy) is 1. The molecule has 5 nitrogen and oxygen atoms in total. The van der Waals surface area contributed by atoms with Crippen LogP contribution in [-0.4, -0.2) is 24.5 Å². The molecular formula is C21H28N2O3. The van der Waals surface area contributed by atoms with Gasteiger partial charge in [0.05, 0.1) is 0 Å².